The molecule has 0 amide bonds. The van der Waals surface area contributed by atoms with E-state index in [0.717, 1.165) is 0 Å². The van der Waals surface area contributed by atoms with Crippen molar-refractivity contribution in [3.05, 3.63) is 29.1 Å². The number of carbonyl (C=O) groups excluding carboxylic acids is 1. The number of aryl methyl sites for hydroxylation is 1. The highest BCUT2D eigenvalue weighted by atomic mass is 16.5. The molecule has 0 N–H and O–H groups in total. The van der Waals surface area contributed by atoms with E-state index in [0.29, 0.717) is 11.1 Å². The first-order valence-electron chi connectivity index (χ1n) is 4.14. The van der Waals surface area contributed by atoms with Gasteiger partial charge in [0.25, 0.3) is 0 Å². The predicted molar refractivity (Wildman–Crippen MR) is 52.8 cm³/mol. The molecule has 0 bridgehead atoms. The monoisotopic (exact) mass is 200 g/mol. The van der Waals surface area contributed by atoms with Crippen molar-refractivity contribution in [1.82, 2.24) is 4.98 Å². The Morgan fingerprint density at radius 1 is 1.60 bits per heavy atom. The smallest absolute Gasteiger partial charge is 0.356 e. The highest BCUT2D eigenvalue weighted by molar-refractivity contribution is 5.88. The number of carbonyl (C=O) groups is 1. The standard InChI is InChI=1S/C11H8N2O2/c1-8-6-9(4-3-5-12)7-13-10(8)11(14)15-2/h6-7H,1-2H3. The van der Waals surface area contributed by atoms with Crippen LogP contribution in [0.3, 0.4) is 0 Å². The molecule has 1 rings (SSSR count). The van der Waals surface area contributed by atoms with Gasteiger partial charge < -0.3 is 4.74 Å². The molecule has 0 aliphatic carbocycles. The van der Waals surface area contributed by atoms with Gasteiger partial charge in [-0.15, -0.1) is 0 Å². The van der Waals surface area contributed by atoms with Crippen LogP contribution >= 0.6 is 0 Å². The summed E-state index contributed by atoms with van der Waals surface area (Å²) in [5.74, 6) is 4.37. The van der Waals surface area contributed by atoms with E-state index in [2.05, 4.69) is 21.6 Å². The zero-order valence-corrected chi connectivity index (χ0v) is 8.37. The van der Waals surface area contributed by atoms with Crippen molar-refractivity contribution in [2.45, 2.75) is 6.92 Å². The first kappa shape index (κ1) is 10.7. The van der Waals surface area contributed by atoms with Crippen molar-refractivity contribution in [2.75, 3.05) is 7.11 Å². The number of rotatable bonds is 1. The van der Waals surface area contributed by atoms with Gasteiger partial charge in [0.05, 0.1) is 7.11 Å². The Balaban J connectivity index is 3.10. The van der Waals surface area contributed by atoms with Gasteiger partial charge in [-0.3, -0.25) is 0 Å². The maximum atomic E-state index is 11.2. The molecule has 0 fully saturated rings. The van der Waals surface area contributed by atoms with Crippen molar-refractivity contribution >= 4 is 5.97 Å². The fourth-order valence-electron chi connectivity index (χ4n) is 1.05. The number of aromatic nitrogens is 1. The molecule has 1 heterocycles. The maximum Gasteiger partial charge on any atom is 0.356 e. The van der Waals surface area contributed by atoms with Crippen LogP contribution in [-0.4, -0.2) is 18.1 Å². The highest BCUT2D eigenvalue weighted by Crippen LogP contribution is 2.07. The molecule has 15 heavy (non-hydrogen) atoms. The van der Waals surface area contributed by atoms with Gasteiger partial charge in [0.1, 0.15) is 0 Å². The van der Waals surface area contributed by atoms with Crippen molar-refractivity contribution in [2.24, 2.45) is 0 Å². The molecule has 0 spiro atoms. The number of methoxy groups -OCH3 is 1. The van der Waals surface area contributed by atoms with Crippen LogP contribution in [0.4, 0.5) is 0 Å². The normalized spacial score (nSPS) is 8.33. The second-order valence-electron chi connectivity index (χ2n) is 2.74. The van der Waals surface area contributed by atoms with Crippen LogP contribution < -0.4 is 0 Å². The minimum absolute atomic E-state index is 0.264. The van der Waals surface area contributed by atoms with Crippen LogP contribution in [0.2, 0.25) is 0 Å². The molecule has 74 valence electrons. The summed E-state index contributed by atoms with van der Waals surface area (Å²) in [4.78, 5) is 15.1. The molecule has 0 atom stereocenters. The lowest BCUT2D eigenvalue weighted by Crippen LogP contribution is -2.06. The van der Waals surface area contributed by atoms with Gasteiger partial charge in [-0.2, -0.15) is 5.26 Å². The van der Waals surface area contributed by atoms with E-state index < -0.39 is 5.97 Å². The quantitative estimate of drug-likeness (QED) is 0.502. The van der Waals surface area contributed by atoms with Crippen LogP contribution in [0.25, 0.3) is 0 Å². The summed E-state index contributed by atoms with van der Waals surface area (Å²) in [5, 5.41) is 8.26. The van der Waals surface area contributed by atoms with Crippen LogP contribution in [0.5, 0.6) is 0 Å². The molecule has 0 aliphatic rings. The third-order valence-electron chi connectivity index (χ3n) is 1.72. The number of nitriles is 1. The molecule has 0 saturated carbocycles. The number of ether oxygens (including phenoxy) is 1. The first-order valence-corrected chi connectivity index (χ1v) is 4.14. The topological polar surface area (TPSA) is 63.0 Å². The van der Waals surface area contributed by atoms with Crippen LogP contribution in [-0.2, 0) is 4.74 Å². The first-order chi connectivity index (χ1) is 7.19. The second kappa shape index (κ2) is 4.78. The van der Waals surface area contributed by atoms with E-state index in [1.807, 2.05) is 0 Å². The minimum atomic E-state index is -0.479. The molecule has 4 heteroatoms. The summed E-state index contributed by atoms with van der Waals surface area (Å²) in [6.07, 6.45) is 1.43. The molecular weight excluding hydrogens is 192 g/mol. The van der Waals surface area contributed by atoms with Crippen LogP contribution in [0, 0.1) is 30.1 Å². The average molecular weight is 200 g/mol. The van der Waals surface area contributed by atoms with Crippen LogP contribution in [0.15, 0.2) is 12.3 Å². The molecule has 0 aliphatic heterocycles. The van der Waals surface area contributed by atoms with E-state index >= 15 is 0 Å². The Labute approximate surface area is 87.5 Å². The lowest BCUT2D eigenvalue weighted by molar-refractivity contribution is 0.0593. The van der Waals surface area contributed by atoms with E-state index in [1.165, 1.54) is 13.3 Å². The Morgan fingerprint density at radius 3 is 2.87 bits per heavy atom. The summed E-state index contributed by atoms with van der Waals surface area (Å²) < 4.78 is 4.55. The average Bonchev–Trinajstić information content (AvgIpc) is 2.25. The number of esters is 1. The zero-order chi connectivity index (χ0) is 11.3. The third-order valence-corrected chi connectivity index (χ3v) is 1.72. The zero-order valence-electron chi connectivity index (χ0n) is 8.37. The largest absolute Gasteiger partial charge is 0.464 e. The lowest BCUT2D eigenvalue weighted by Gasteiger charge is -2.02. The second-order valence-corrected chi connectivity index (χ2v) is 2.74. The molecule has 1 aromatic rings. The lowest BCUT2D eigenvalue weighted by atomic mass is 10.1. The molecule has 0 unspecified atom stereocenters. The summed E-state index contributed by atoms with van der Waals surface area (Å²) in [6.45, 7) is 1.73. The Bertz CT molecular complexity index is 490. The summed E-state index contributed by atoms with van der Waals surface area (Å²) in [5.41, 5.74) is 1.54. The van der Waals surface area contributed by atoms with Gasteiger partial charge in [-0.05, 0) is 24.5 Å². The number of pyridine rings is 1. The minimum Gasteiger partial charge on any atom is -0.464 e. The number of nitrogens with zero attached hydrogens (tertiary/aromatic N) is 2. The van der Waals surface area contributed by atoms with E-state index in [9.17, 15) is 4.79 Å². The van der Waals surface area contributed by atoms with E-state index in [4.69, 9.17) is 5.26 Å². The van der Waals surface area contributed by atoms with Crippen molar-refractivity contribution in [3.8, 4) is 17.9 Å². The SMILES string of the molecule is COC(=O)c1ncc(C#CC#N)cc1C. The van der Waals surface area contributed by atoms with E-state index in [-0.39, 0.29) is 5.69 Å². The molecule has 1 aromatic heterocycles. The molecule has 0 aromatic carbocycles. The Morgan fingerprint density at radius 2 is 2.33 bits per heavy atom. The number of hydrogen-bond donors (Lipinski definition) is 0. The third kappa shape index (κ3) is 2.55. The van der Waals surface area contributed by atoms with Gasteiger partial charge >= 0.3 is 5.97 Å². The van der Waals surface area contributed by atoms with Crippen molar-refractivity contribution in [3.63, 3.8) is 0 Å². The highest BCUT2D eigenvalue weighted by Gasteiger charge is 2.10. The van der Waals surface area contributed by atoms with Gasteiger partial charge in [-0.1, -0.05) is 0 Å². The fourth-order valence-corrected chi connectivity index (χ4v) is 1.05. The van der Waals surface area contributed by atoms with Gasteiger partial charge in [0.15, 0.2) is 11.8 Å². The maximum absolute atomic E-state index is 11.2. The van der Waals surface area contributed by atoms with Crippen molar-refractivity contribution < 1.29 is 9.53 Å². The van der Waals surface area contributed by atoms with Crippen molar-refractivity contribution in [1.29, 1.82) is 5.26 Å². The molecule has 0 radical (unpaired) electrons. The molecule has 4 nitrogen and oxygen atoms in total. The summed E-state index contributed by atoms with van der Waals surface area (Å²) in [6, 6.07) is 3.39. The van der Waals surface area contributed by atoms with Gasteiger partial charge in [0.2, 0.25) is 0 Å². The summed E-state index contributed by atoms with van der Waals surface area (Å²) in [7, 11) is 1.30. The Kier molecular flexibility index (Phi) is 3.43. The van der Waals surface area contributed by atoms with Gasteiger partial charge in [0, 0.05) is 17.7 Å². The predicted octanol–water partition coefficient (Wildman–Crippen LogP) is 1.05. The molecular formula is C11H8N2O2. The Hall–Kier alpha value is -2.33. The fraction of sp³-hybridized carbons (Fsp3) is 0.182. The van der Waals surface area contributed by atoms with E-state index in [1.54, 1.807) is 19.1 Å². The van der Waals surface area contributed by atoms with Crippen LogP contribution in [0.1, 0.15) is 21.6 Å². The number of hydrogen-bond acceptors (Lipinski definition) is 4. The molecule has 0 saturated heterocycles. The summed E-state index contributed by atoms with van der Waals surface area (Å²) >= 11 is 0. The van der Waals surface area contributed by atoms with Gasteiger partial charge in [-0.25, -0.2) is 9.78 Å².